The second kappa shape index (κ2) is 19.3. The number of phenolic OH excluding ortho intramolecular Hbond substituents is 1. The van der Waals surface area contributed by atoms with Gasteiger partial charge in [-0.2, -0.15) is 0 Å². The van der Waals surface area contributed by atoms with Crippen LogP contribution in [0.15, 0.2) is 48.5 Å². The lowest BCUT2D eigenvalue weighted by atomic mass is 9.96. The number of esters is 1. The molecule has 0 aliphatic rings. The SMILES string of the molecule is CCCCCCCN(C(=O)C(CC(C)C)NC(=O)OC(C)(C)C)C(C(=O)NC(Cc1ccccc1)C(=O)OC(C)(C)C)c1cccc(C)c1O. The van der Waals surface area contributed by atoms with Gasteiger partial charge in [0, 0.05) is 18.5 Å². The highest BCUT2D eigenvalue weighted by Crippen LogP contribution is 2.33. The molecule has 3 atom stereocenters. The zero-order chi connectivity index (χ0) is 37.6. The first-order chi connectivity index (χ1) is 23.3. The second-order valence-corrected chi connectivity index (χ2v) is 15.5. The molecule has 3 amide bonds. The molecule has 0 saturated heterocycles. The maximum Gasteiger partial charge on any atom is 0.408 e. The van der Waals surface area contributed by atoms with Gasteiger partial charge < -0.3 is 30.1 Å². The number of hydrogen-bond donors (Lipinski definition) is 3. The van der Waals surface area contributed by atoms with Gasteiger partial charge in [0.05, 0.1) is 0 Å². The topological polar surface area (TPSA) is 134 Å². The summed E-state index contributed by atoms with van der Waals surface area (Å²) in [7, 11) is 0. The number of amides is 3. The number of unbranched alkanes of at least 4 members (excludes halogenated alkanes) is 4. The summed E-state index contributed by atoms with van der Waals surface area (Å²) < 4.78 is 11.2. The van der Waals surface area contributed by atoms with Crippen LogP contribution in [-0.2, 0) is 30.3 Å². The van der Waals surface area contributed by atoms with Crippen LogP contribution in [0.3, 0.4) is 0 Å². The molecule has 0 radical (unpaired) electrons. The molecule has 3 unspecified atom stereocenters. The minimum atomic E-state index is -1.33. The normalized spacial score (nSPS) is 13.6. The zero-order valence-electron chi connectivity index (χ0n) is 31.9. The van der Waals surface area contributed by atoms with Crippen LogP contribution < -0.4 is 10.6 Å². The number of carbonyl (C=O) groups excluding carboxylic acids is 4. The van der Waals surface area contributed by atoms with Crippen molar-refractivity contribution in [1.82, 2.24) is 15.5 Å². The number of hydrogen-bond acceptors (Lipinski definition) is 7. The van der Waals surface area contributed by atoms with Crippen LogP contribution in [0.1, 0.15) is 124 Å². The summed E-state index contributed by atoms with van der Waals surface area (Å²) in [4.78, 5) is 57.4. The molecule has 0 bridgehead atoms. The van der Waals surface area contributed by atoms with Crippen LogP contribution in [0.5, 0.6) is 5.75 Å². The number of nitrogens with one attached hydrogen (secondary N) is 2. The summed E-state index contributed by atoms with van der Waals surface area (Å²) in [5.41, 5.74) is -0.0643. The van der Waals surface area contributed by atoms with Crippen molar-refractivity contribution in [3.63, 3.8) is 0 Å². The highest BCUT2D eigenvalue weighted by Gasteiger charge is 2.39. The molecule has 10 heteroatoms. The Hall–Kier alpha value is -4.08. The Kier molecular flexibility index (Phi) is 16.3. The smallest absolute Gasteiger partial charge is 0.408 e. The van der Waals surface area contributed by atoms with Gasteiger partial charge >= 0.3 is 12.1 Å². The molecule has 0 heterocycles. The molecule has 0 spiro atoms. The summed E-state index contributed by atoms with van der Waals surface area (Å²) in [6, 6.07) is 10.9. The summed E-state index contributed by atoms with van der Waals surface area (Å²) in [6.45, 7) is 18.4. The minimum absolute atomic E-state index is 0.00682. The molecule has 3 N–H and O–H groups in total. The van der Waals surface area contributed by atoms with E-state index in [1.165, 1.54) is 4.90 Å². The monoisotopic (exact) mass is 695 g/mol. The molecule has 278 valence electrons. The van der Waals surface area contributed by atoms with Gasteiger partial charge in [0.1, 0.15) is 35.1 Å². The van der Waals surface area contributed by atoms with Gasteiger partial charge in [0.2, 0.25) is 11.8 Å². The summed E-state index contributed by atoms with van der Waals surface area (Å²) in [6.07, 6.45) is 4.11. The van der Waals surface area contributed by atoms with Gasteiger partial charge in [-0.3, -0.25) is 9.59 Å². The van der Waals surface area contributed by atoms with Crippen molar-refractivity contribution in [3.05, 3.63) is 65.2 Å². The van der Waals surface area contributed by atoms with Crippen molar-refractivity contribution in [2.75, 3.05) is 6.54 Å². The van der Waals surface area contributed by atoms with Crippen LogP contribution in [-0.4, -0.2) is 63.7 Å². The third-order valence-electron chi connectivity index (χ3n) is 7.90. The average molecular weight is 696 g/mol. The Balaban J connectivity index is 2.69. The first kappa shape index (κ1) is 42.1. The van der Waals surface area contributed by atoms with E-state index in [0.717, 1.165) is 31.2 Å². The molecule has 0 saturated carbocycles. The van der Waals surface area contributed by atoms with Crippen molar-refractivity contribution >= 4 is 23.9 Å². The van der Waals surface area contributed by atoms with Crippen molar-refractivity contribution < 1.29 is 33.8 Å². The number of aromatic hydroxyl groups is 1. The Morgan fingerprint density at radius 2 is 1.42 bits per heavy atom. The Morgan fingerprint density at radius 1 is 0.800 bits per heavy atom. The predicted molar refractivity (Wildman–Crippen MR) is 197 cm³/mol. The molecule has 10 nitrogen and oxygen atoms in total. The second-order valence-electron chi connectivity index (χ2n) is 15.5. The first-order valence-electron chi connectivity index (χ1n) is 18.0. The van der Waals surface area contributed by atoms with Crippen molar-refractivity contribution in [3.8, 4) is 5.75 Å². The highest BCUT2D eigenvalue weighted by molar-refractivity contribution is 5.94. The van der Waals surface area contributed by atoms with Gasteiger partial charge in [-0.25, -0.2) is 9.59 Å². The number of aryl methyl sites for hydroxylation is 1. The van der Waals surface area contributed by atoms with Gasteiger partial charge in [0.25, 0.3) is 0 Å². The number of nitrogens with zero attached hydrogens (tertiary/aromatic N) is 1. The lowest BCUT2D eigenvalue weighted by Gasteiger charge is -2.36. The van der Waals surface area contributed by atoms with E-state index in [-0.39, 0.29) is 36.6 Å². The summed E-state index contributed by atoms with van der Waals surface area (Å²) in [5, 5.41) is 17.0. The van der Waals surface area contributed by atoms with Gasteiger partial charge in [-0.1, -0.05) is 95.0 Å². The Morgan fingerprint density at radius 3 is 2.00 bits per heavy atom. The van der Waals surface area contributed by atoms with E-state index in [0.29, 0.717) is 12.0 Å². The lowest BCUT2D eigenvalue weighted by molar-refractivity contribution is -0.159. The molecular formula is C40H61N3O7. The molecule has 0 aliphatic carbocycles. The third kappa shape index (κ3) is 14.4. The molecule has 0 aliphatic heterocycles. The van der Waals surface area contributed by atoms with E-state index < -0.39 is 53.2 Å². The van der Waals surface area contributed by atoms with Crippen LogP contribution in [0.25, 0.3) is 0 Å². The molecular weight excluding hydrogens is 634 g/mol. The van der Waals surface area contributed by atoms with E-state index in [1.54, 1.807) is 66.7 Å². The molecule has 50 heavy (non-hydrogen) atoms. The minimum Gasteiger partial charge on any atom is -0.507 e. The summed E-state index contributed by atoms with van der Waals surface area (Å²) in [5.74, 6) is -1.89. The van der Waals surface area contributed by atoms with Gasteiger partial charge in [0.15, 0.2) is 0 Å². The van der Waals surface area contributed by atoms with E-state index in [4.69, 9.17) is 9.47 Å². The van der Waals surface area contributed by atoms with Gasteiger partial charge in [-0.05, 0) is 78.4 Å². The number of alkyl carbamates (subject to hydrolysis) is 1. The lowest BCUT2D eigenvalue weighted by Crippen LogP contribution is -2.55. The van der Waals surface area contributed by atoms with E-state index in [9.17, 15) is 24.3 Å². The highest BCUT2D eigenvalue weighted by atomic mass is 16.6. The predicted octanol–water partition coefficient (Wildman–Crippen LogP) is 7.55. The number of benzene rings is 2. The zero-order valence-corrected chi connectivity index (χ0v) is 31.9. The maximum atomic E-state index is 14.7. The standard InChI is InChI=1S/C40H61N3O7/c1-11-12-13-14-18-24-43(36(46)31(25-27(2)3)42-38(48)50-40(8,9)10)33(30-23-19-20-28(4)34(30)44)35(45)41-32(37(47)49-39(5,6)7)26-29-21-16-15-17-22-29/h15-17,19-23,27,31-33,44H,11-14,18,24-26H2,1-10H3,(H,41,45)(H,42,48). The van der Waals surface area contributed by atoms with Crippen LogP contribution >= 0.6 is 0 Å². The van der Waals surface area contributed by atoms with Gasteiger partial charge in [-0.15, -0.1) is 0 Å². The number of ether oxygens (including phenoxy) is 2. The van der Waals surface area contributed by atoms with E-state index >= 15 is 0 Å². The Bertz CT molecular complexity index is 1400. The van der Waals surface area contributed by atoms with Crippen LogP contribution in [0.2, 0.25) is 0 Å². The van der Waals surface area contributed by atoms with Crippen molar-refractivity contribution in [2.45, 2.75) is 144 Å². The fraction of sp³-hybridized carbons (Fsp3) is 0.600. The summed E-state index contributed by atoms with van der Waals surface area (Å²) >= 11 is 0. The number of phenols is 1. The van der Waals surface area contributed by atoms with Crippen molar-refractivity contribution in [2.24, 2.45) is 5.92 Å². The molecule has 0 aromatic heterocycles. The number of carbonyl (C=O) groups is 4. The van der Waals surface area contributed by atoms with E-state index in [1.807, 2.05) is 44.2 Å². The molecule has 2 aromatic carbocycles. The van der Waals surface area contributed by atoms with Crippen molar-refractivity contribution in [1.29, 1.82) is 0 Å². The number of para-hydroxylation sites is 1. The first-order valence-corrected chi connectivity index (χ1v) is 18.0. The van der Waals surface area contributed by atoms with Crippen LogP contribution in [0, 0.1) is 12.8 Å². The third-order valence-corrected chi connectivity index (χ3v) is 7.90. The largest absolute Gasteiger partial charge is 0.507 e. The molecule has 0 fully saturated rings. The quantitative estimate of drug-likeness (QED) is 0.115. The fourth-order valence-electron chi connectivity index (χ4n) is 5.61. The van der Waals surface area contributed by atoms with E-state index in [2.05, 4.69) is 17.6 Å². The average Bonchev–Trinajstić information content (AvgIpc) is 2.99. The fourth-order valence-corrected chi connectivity index (χ4v) is 5.61. The van der Waals surface area contributed by atoms with Crippen LogP contribution in [0.4, 0.5) is 4.79 Å². The maximum absolute atomic E-state index is 14.7. The Labute approximate surface area is 299 Å². The number of rotatable bonds is 17. The molecule has 2 rings (SSSR count). The molecule has 2 aromatic rings.